The Morgan fingerprint density at radius 3 is 2.67 bits per heavy atom. The van der Waals surface area contributed by atoms with Gasteiger partial charge in [-0.05, 0) is 43.7 Å². The Bertz CT molecular complexity index is 502. The molecule has 78 valence electrons. The van der Waals surface area contributed by atoms with Crippen LogP contribution in [0.2, 0.25) is 5.02 Å². The summed E-state index contributed by atoms with van der Waals surface area (Å²) < 4.78 is 0. The quantitative estimate of drug-likeness (QED) is 0.803. The van der Waals surface area contributed by atoms with E-state index < -0.39 is 5.60 Å². The fourth-order valence-electron chi connectivity index (χ4n) is 1.65. The highest BCUT2D eigenvalue weighted by Crippen LogP contribution is 2.28. The molecule has 0 saturated heterocycles. The summed E-state index contributed by atoms with van der Waals surface area (Å²) in [5.74, 6) is 0. The van der Waals surface area contributed by atoms with Gasteiger partial charge in [0.25, 0.3) is 0 Å². The summed E-state index contributed by atoms with van der Waals surface area (Å²) in [6.07, 6.45) is 1.70. The number of benzene rings is 1. The Balaban J connectivity index is 2.80. The lowest BCUT2D eigenvalue weighted by Gasteiger charge is -2.19. The second-order valence-corrected chi connectivity index (χ2v) is 4.52. The minimum atomic E-state index is -0.883. The molecule has 0 saturated carbocycles. The molecule has 0 fully saturated rings. The van der Waals surface area contributed by atoms with Gasteiger partial charge in [-0.25, -0.2) is 0 Å². The Kier molecular flexibility index (Phi) is 2.41. The van der Waals surface area contributed by atoms with Crippen LogP contribution in [0.3, 0.4) is 0 Å². The number of pyridine rings is 1. The molecule has 1 aromatic heterocycles. The molecular weight excluding hydrogens is 210 g/mol. The summed E-state index contributed by atoms with van der Waals surface area (Å²) in [5.41, 5.74) is 0.806. The van der Waals surface area contributed by atoms with Crippen LogP contribution in [0.1, 0.15) is 19.4 Å². The van der Waals surface area contributed by atoms with E-state index in [0.717, 1.165) is 16.5 Å². The van der Waals surface area contributed by atoms with Crippen LogP contribution in [0, 0.1) is 0 Å². The summed E-state index contributed by atoms with van der Waals surface area (Å²) in [6, 6.07) is 7.30. The Morgan fingerprint density at radius 2 is 2.00 bits per heavy atom. The van der Waals surface area contributed by atoms with Crippen molar-refractivity contribution in [2.75, 3.05) is 0 Å². The molecule has 2 aromatic rings. The third-order valence-electron chi connectivity index (χ3n) is 2.36. The van der Waals surface area contributed by atoms with E-state index in [4.69, 9.17) is 11.6 Å². The van der Waals surface area contributed by atoms with E-state index >= 15 is 0 Å². The monoisotopic (exact) mass is 221 g/mol. The molecular formula is C12H12ClNO. The molecule has 0 aliphatic rings. The normalized spacial score (nSPS) is 12.0. The van der Waals surface area contributed by atoms with Gasteiger partial charge in [-0.1, -0.05) is 11.6 Å². The van der Waals surface area contributed by atoms with Gasteiger partial charge >= 0.3 is 0 Å². The number of halogens is 1. The van der Waals surface area contributed by atoms with E-state index in [1.165, 1.54) is 0 Å². The van der Waals surface area contributed by atoms with Crippen LogP contribution in [0.5, 0.6) is 0 Å². The number of hydrogen-bond donors (Lipinski definition) is 1. The summed E-state index contributed by atoms with van der Waals surface area (Å²) in [6.45, 7) is 3.51. The van der Waals surface area contributed by atoms with Gasteiger partial charge < -0.3 is 5.11 Å². The fourth-order valence-corrected chi connectivity index (χ4v) is 1.82. The van der Waals surface area contributed by atoms with Crippen molar-refractivity contribution >= 4 is 22.5 Å². The molecule has 0 amide bonds. The van der Waals surface area contributed by atoms with Crippen molar-refractivity contribution in [1.29, 1.82) is 0 Å². The molecule has 2 rings (SSSR count). The zero-order valence-electron chi connectivity index (χ0n) is 8.66. The van der Waals surface area contributed by atoms with Gasteiger partial charge in [-0.2, -0.15) is 0 Å². The maximum atomic E-state index is 10.0. The predicted octanol–water partition coefficient (Wildman–Crippen LogP) is 3.12. The van der Waals surface area contributed by atoms with Gasteiger partial charge in [0.15, 0.2) is 0 Å². The molecule has 1 N–H and O–H groups in total. The number of hydrogen-bond acceptors (Lipinski definition) is 2. The van der Waals surface area contributed by atoms with Crippen molar-refractivity contribution in [1.82, 2.24) is 4.98 Å². The molecule has 1 aromatic carbocycles. The van der Waals surface area contributed by atoms with E-state index in [-0.39, 0.29) is 0 Å². The predicted molar refractivity (Wildman–Crippen MR) is 62.0 cm³/mol. The molecule has 0 radical (unpaired) electrons. The van der Waals surface area contributed by atoms with Crippen LogP contribution in [-0.2, 0) is 5.60 Å². The number of fused-ring (bicyclic) bond motifs is 1. The summed E-state index contributed by atoms with van der Waals surface area (Å²) in [7, 11) is 0. The molecule has 0 aliphatic heterocycles. The summed E-state index contributed by atoms with van der Waals surface area (Å²) in [4.78, 5) is 4.23. The highest BCUT2D eigenvalue weighted by atomic mass is 35.5. The molecule has 0 atom stereocenters. The smallest absolute Gasteiger partial charge is 0.0847 e. The maximum absolute atomic E-state index is 10.0. The lowest BCUT2D eigenvalue weighted by atomic mass is 9.95. The second-order valence-electron chi connectivity index (χ2n) is 4.08. The number of aromatic nitrogens is 1. The van der Waals surface area contributed by atoms with Crippen LogP contribution in [0.15, 0.2) is 30.5 Å². The summed E-state index contributed by atoms with van der Waals surface area (Å²) >= 11 is 5.93. The largest absolute Gasteiger partial charge is 0.386 e. The van der Waals surface area contributed by atoms with Crippen molar-refractivity contribution in [3.63, 3.8) is 0 Å². The van der Waals surface area contributed by atoms with Crippen LogP contribution in [0.25, 0.3) is 10.9 Å². The molecule has 0 aliphatic carbocycles. The second kappa shape index (κ2) is 3.47. The van der Waals surface area contributed by atoms with Crippen molar-refractivity contribution in [3.05, 3.63) is 41.0 Å². The third kappa shape index (κ3) is 1.96. The first-order valence-corrected chi connectivity index (χ1v) is 5.13. The lowest BCUT2D eigenvalue weighted by molar-refractivity contribution is 0.0801. The average Bonchev–Trinajstić information content (AvgIpc) is 2.15. The van der Waals surface area contributed by atoms with Crippen LogP contribution >= 0.6 is 11.6 Å². The first-order valence-electron chi connectivity index (χ1n) is 4.75. The maximum Gasteiger partial charge on any atom is 0.0847 e. The zero-order valence-corrected chi connectivity index (χ0v) is 9.42. The van der Waals surface area contributed by atoms with Crippen molar-refractivity contribution in [2.45, 2.75) is 19.4 Å². The average molecular weight is 222 g/mol. The van der Waals surface area contributed by atoms with E-state index in [0.29, 0.717) is 5.02 Å². The third-order valence-corrected chi connectivity index (χ3v) is 2.60. The Morgan fingerprint density at radius 1 is 1.27 bits per heavy atom. The lowest BCUT2D eigenvalue weighted by Crippen LogP contribution is -2.16. The van der Waals surface area contributed by atoms with Gasteiger partial charge in [-0.3, -0.25) is 4.98 Å². The molecule has 0 unspecified atom stereocenters. The van der Waals surface area contributed by atoms with Gasteiger partial charge in [0.05, 0.1) is 11.1 Å². The number of nitrogens with zero attached hydrogens (tertiary/aromatic N) is 1. The standard InChI is InChI=1S/C12H12ClNO/c1-12(2,15)10-5-6-14-11-4-3-8(13)7-9(10)11/h3-7,15H,1-2H3. The van der Waals surface area contributed by atoms with Crippen molar-refractivity contribution in [3.8, 4) is 0 Å². The SMILES string of the molecule is CC(C)(O)c1ccnc2ccc(Cl)cc12. The van der Waals surface area contributed by atoms with E-state index in [9.17, 15) is 5.11 Å². The fraction of sp³-hybridized carbons (Fsp3) is 0.250. The van der Waals surface area contributed by atoms with Crippen LogP contribution < -0.4 is 0 Å². The minimum Gasteiger partial charge on any atom is -0.386 e. The van der Waals surface area contributed by atoms with E-state index in [1.807, 2.05) is 18.2 Å². The summed E-state index contributed by atoms with van der Waals surface area (Å²) in [5, 5.41) is 11.6. The van der Waals surface area contributed by atoms with Crippen LogP contribution in [0.4, 0.5) is 0 Å². The number of rotatable bonds is 1. The molecule has 2 nitrogen and oxygen atoms in total. The van der Waals surface area contributed by atoms with Gasteiger partial charge in [0.1, 0.15) is 0 Å². The van der Waals surface area contributed by atoms with Crippen LogP contribution in [-0.4, -0.2) is 10.1 Å². The Hall–Kier alpha value is -1.12. The molecule has 3 heteroatoms. The molecule has 1 heterocycles. The molecule has 15 heavy (non-hydrogen) atoms. The topological polar surface area (TPSA) is 33.1 Å². The van der Waals surface area contributed by atoms with Gasteiger partial charge in [0.2, 0.25) is 0 Å². The molecule has 0 bridgehead atoms. The van der Waals surface area contributed by atoms with Gasteiger partial charge in [0, 0.05) is 16.6 Å². The van der Waals surface area contributed by atoms with Crippen molar-refractivity contribution < 1.29 is 5.11 Å². The molecule has 0 spiro atoms. The zero-order chi connectivity index (χ0) is 11.1. The highest BCUT2D eigenvalue weighted by molar-refractivity contribution is 6.31. The first kappa shape index (κ1) is 10.4. The highest BCUT2D eigenvalue weighted by Gasteiger charge is 2.18. The van der Waals surface area contributed by atoms with E-state index in [1.54, 1.807) is 26.1 Å². The Labute approximate surface area is 93.5 Å². The first-order chi connectivity index (χ1) is 6.98. The van der Waals surface area contributed by atoms with E-state index in [2.05, 4.69) is 4.98 Å². The van der Waals surface area contributed by atoms with Crippen molar-refractivity contribution in [2.24, 2.45) is 0 Å². The number of aliphatic hydroxyl groups is 1. The minimum absolute atomic E-state index is 0.654. The van der Waals surface area contributed by atoms with Gasteiger partial charge in [-0.15, -0.1) is 0 Å².